The van der Waals surface area contributed by atoms with Crippen molar-refractivity contribution < 1.29 is 0 Å². The van der Waals surface area contributed by atoms with Crippen LogP contribution in [0.1, 0.15) is 18.1 Å². The zero-order chi connectivity index (χ0) is 15.2. The van der Waals surface area contributed by atoms with Gasteiger partial charge in [0.25, 0.3) is 0 Å². The predicted molar refractivity (Wildman–Crippen MR) is 93.4 cm³/mol. The fourth-order valence-corrected chi connectivity index (χ4v) is 2.73. The van der Waals surface area contributed by atoms with Gasteiger partial charge in [0.15, 0.2) is 5.11 Å². The highest BCUT2D eigenvalue weighted by molar-refractivity contribution is 7.80. The molecule has 0 aliphatic carbocycles. The van der Waals surface area contributed by atoms with Gasteiger partial charge in [-0.1, -0.05) is 36.4 Å². The Bertz CT molecular complexity index is 505. The summed E-state index contributed by atoms with van der Waals surface area (Å²) in [5.41, 5.74) is 3.91. The lowest BCUT2D eigenvalue weighted by Gasteiger charge is -2.36. The molecule has 1 heterocycles. The molecule has 2 rings (SSSR count). The molecule has 3 nitrogen and oxygen atoms in total. The third-order valence-corrected chi connectivity index (χ3v) is 4.26. The van der Waals surface area contributed by atoms with E-state index in [1.165, 1.54) is 11.1 Å². The number of benzene rings is 1. The number of nitrogens with zero attached hydrogens (tertiary/aromatic N) is 2. The standard InChI is InChI=1S/C17H25N3S/c1-14(2)12-18-17(21)20-10-8-19(9-11-20)13-16-7-5-4-6-15(16)3/h4-7H,1,8-13H2,2-3H3,(H,18,21). The Morgan fingerprint density at radius 1 is 1.24 bits per heavy atom. The lowest BCUT2D eigenvalue weighted by atomic mass is 10.1. The average Bonchev–Trinajstić information content (AvgIpc) is 2.48. The molecular formula is C17H25N3S. The van der Waals surface area contributed by atoms with E-state index in [4.69, 9.17) is 12.2 Å². The van der Waals surface area contributed by atoms with E-state index >= 15 is 0 Å². The molecule has 0 bridgehead atoms. The van der Waals surface area contributed by atoms with Crippen LogP contribution in [0.3, 0.4) is 0 Å². The molecule has 1 fully saturated rings. The second-order valence-electron chi connectivity index (χ2n) is 5.81. The van der Waals surface area contributed by atoms with Crippen LogP contribution >= 0.6 is 12.2 Å². The first-order chi connectivity index (χ1) is 10.1. The van der Waals surface area contributed by atoms with Crippen molar-refractivity contribution in [3.8, 4) is 0 Å². The van der Waals surface area contributed by atoms with Crippen LogP contribution in [0.2, 0.25) is 0 Å². The molecule has 1 aromatic rings. The Morgan fingerprint density at radius 2 is 1.90 bits per heavy atom. The normalized spacial score (nSPS) is 15.8. The van der Waals surface area contributed by atoms with Crippen molar-refractivity contribution in [1.82, 2.24) is 15.1 Å². The Labute approximate surface area is 133 Å². The molecule has 21 heavy (non-hydrogen) atoms. The van der Waals surface area contributed by atoms with E-state index in [2.05, 4.69) is 52.9 Å². The third-order valence-electron chi connectivity index (χ3n) is 3.86. The second-order valence-corrected chi connectivity index (χ2v) is 6.19. The Kier molecular flexibility index (Phi) is 5.76. The number of thiocarbonyl (C=S) groups is 1. The van der Waals surface area contributed by atoms with Crippen molar-refractivity contribution in [3.05, 3.63) is 47.5 Å². The topological polar surface area (TPSA) is 18.5 Å². The summed E-state index contributed by atoms with van der Waals surface area (Å²) in [6, 6.07) is 8.63. The molecular weight excluding hydrogens is 278 g/mol. The van der Waals surface area contributed by atoms with E-state index in [0.717, 1.165) is 50.0 Å². The highest BCUT2D eigenvalue weighted by Gasteiger charge is 2.19. The van der Waals surface area contributed by atoms with Gasteiger partial charge in [-0.15, -0.1) is 0 Å². The van der Waals surface area contributed by atoms with Crippen molar-refractivity contribution in [2.45, 2.75) is 20.4 Å². The minimum Gasteiger partial charge on any atom is -0.359 e. The summed E-state index contributed by atoms with van der Waals surface area (Å²) in [5, 5.41) is 4.12. The van der Waals surface area contributed by atoms with Gasteiger partial charge in [0.1, 0.15) is 0 Å². The number of nitrogens with one attached hydrogen (secondary N) is 1. The molecule has 0 amide bonds. The van der Waals surface area contributed by atoms with Crippen molar-refractivity contribution in [3.63, 3.8) is 0 Å². The Balaban J connectivity index is 1.79. The molecule has 0 atom stereocenters. The maximum absolute atomic E-state index is 5.44. The van der Waals surface area contributed by atoms with Crippen LogP contribution in [0, 0.1) is 6.92 Å². The van der Waals surface area contributed by atoms with Crippen LogP contribution in [-0.4, -0.2) is 47.6 Å². The zero-order valence-electron chi connectivity index (χ0n) is 13.1. The summed E-state index contributed by atoms with van der Waals surface area (Å²) < 4.78 is 0. The summed E-state index contributed by atoms with van der Waals surface area (Å²) in [5.74, 6) is 0. The molecule has 0 radical (unpaired) electrons. The highest BCUT2D eigenvalue weighted by Crippen LogP contribution is 2.12. The number of rotatable bonds is 4. The SMILES string of the molecule is C=C(C)CNC(=S)N1CCN(Cc2ccccc2C)CC1. The molecule has 0 unspecified atom stereocenters. The summed E-state index contributed by atoms with van der Waals surface area (Å²) in [4.78, 5) is 4.76. The molecule has 0 saturated carbocycles. The molecule has 1 saturated heterocycles. The van der Waals surface area contributed by atoms with Crippen LogP contribution in [0.15, 0.2) is 36.4 Å². The minimum absolute atomic E-state index is 0.766. The molecule has 1 aromatic carbocycles. The predicted octanol–water partition coefficient (Wildman–Crippen LogP) is 2.56. The number of hydrogen-bond acceptors (Lipinski definition) is 2. The van der Waals surface area contributed by atoms with Gasteiger partial charge in [0, 0.05) is 39.3 Å². The fourth-order valence-electron chi connectivity index (χ4n) is 2.48. The fraction of sp³-hybridized carbons (Fsp3) is 0.471. The van der Waals surface area contributed by atoms with Gasteiger partial charge in [-0.2, -0.15) is 0 Å². The Hall–Kier alpha value is -1.39. The van der Waals surface area contributed by atoms with Gasteiger partial charge in [0.2, 0.25) is 0 Å². The number of aryl methyl sites for hydroxylation is 1. The van der Waals surface area contributed by atoms with E-state index < -0.39 is 0 Å². The highest BCUT2D eigenvalue weighted by atomic mass is 32.1. The maximum Gasteiger partial charge on any atom is 0.169 e. The van der Waals surface area contributed by atoms with E-state index in [0.29, 0.717) is 0 Å². The largest absolute Gasteiger partial charge is 0.359 e. The maximum atomic E-state index is 5.44. The smallest absolute Gasteiger partial charge is 0.169 e. The van der Waals surface area contributed by atoms with Crippen molar-refractivity contribution in [1.29, 1.82) is 0 Å². The van der Waals surface area contributed by atoms with E-state index in [1.807, 2.05) is 6.92 Å². The van der Waals surface area contributed by atoms with Gasteiger partial charge in [-0.25, -0.2) is 0 Å². The zero-order valence-corrected chi connectivity index (χ0v) is 13.9. The lowest BCUT2D eigenvalue weighted by molar-refractivity contribution is 0.174. The summed E-state index contributed by atoms with van der Waals surface area (Å²) in [6.45, 7) is 14.0. The Morgan fingerprint density at radius 3 is 2.52 bits per heavy atom. The van der Waals surface area contributed by atoms with Crippen LogP contribution in [0.25, 0.3) is 0 Å². The second kappa shape index (κ2) is 7.57. The van der Waals surface area contributed by atoms with Gasteiger partial charge in [-0.05, 0) is 37.2 Å². The third kappa shape index (κ3) is 4.83. The minimum atomic E-state index is 0.766. The molecule has 0 spiro atoms. The molecule has 1 N–H and O–H groups in total. The van der Waals surface area contributed by atoms with Crippen molar-refractivity contribution in [2.24, 2.45) is 0 Å². The van der Waals surface area contributed by atoms with Crippen molar-refractivity contribution >= 4 is 17.3 Å². The van der Waals surface area contributed by atoms with Gasteiger partial charge < -0.3 is 10.2 Å². The van der Waals surface area contributed by atoms with E-state index in [9.17, 15) is 0 Å². The van der Waals surface area contributed by atoms with Gasteiger partial charge in [-0.3, -0.25) is 4.90 Å². The lowest BCUT2D eigenvalue weighted by Crippen LogP contribution is -2.51. The molecule has 1 aliphatic rings. The number of piperazine rings is 1. The van der Waals surface area contributed by atoms with Crippen LogP contribution in [0.4, 0.5) is 0 Å². The molecule has 4 heteroatoms. The molecule has 114 valence electrons. The van der Waals surface area contributed by atoms with Crippen molar-refractivity contribution in [2.75, 3.05) is 32.7 Å². The van der Waals surface area contributed by atoms with Gasteiger partial charge >= 0.3 is 0 Å². The van der Waals surface area contributed by atoms with E-state index in [1.54, 1.807) is 0 Å². The summed E-state index contributed by atoms with van der Waals surface area (Å²) in [6.07, 6.45) is 0. The van der Waals surface area contributed by atoms with E-state index in [-0.39, 0.29) is 0 Å². The average molecular weight is 303 g/mol. The van der Waals surface area contributed by atoms with Crippen LogP contribution < -0.4 is 5.32 Å². The monoisotopic (exact) mass is 303 g/mol. The summed E-state index contributed by atoms with van der Waals surface area (Å²) >= 11 is 5.44. The summed E-state index contributed by atoms with van der Waals surface area (Å²) in [7, 11) is 0. The van der Waals surface area contributed by atoms with Crippen LogP contribution in [-0.2, 0) is 6.54 Å². The van der Waals surface area contributed by atoms with Gasteiger partial charge in [0.05, 0.1) is 0 Å². The first-order valence-corrected chi connectivity index (χ1v) is 7.91. The van der Waals surface area contributed by atoms with Crippen LogP contribution in [0.5, 0.6) is 0 Å². The molecule has 1 aliphatic heterocycles. The quantitative estimate of drug-likeness (QED) is 0.680. The molecule has 0 aromatic heterocycles. The number of hydrogen-bond donors (Lipinski definition) is 1. The first-order valence-electron chi connectivity index (χ1n) is 7.50. The first kappa shape index (κ1) is 16.0.